The van der Waals surface area contributed by atoms with E-state index in [1.54, 1.807) is 0 Å². The van der Waals surface area contributed by atoms with E-state index in [1.807, 2.05) is 0 Å². The lowest BCUT2D eigenvalue weighted by molar-refractivity contribution is 0.409. The Hall–Kier alpha value is -0.830. The van der Waals surface area contributed by atoms with Crippen LogP contribution in [0.4, 0.5) is 0 Å². The Morgan fingerprint density at radius 1 is 1.50 bits per heavy atom. The summed E-state index contributed by atoms with van der Waals surface area (Å²) in [6.07, 6.45) is 5.94. The number of aromatic nitrogens is 2. The van der Waals surface area contributed by atoms with E-state index in [4.69, 9.17) is 5.73 Å². The summed E-state index contributed by atoms with van der Waals surface area (Å²) in [7, 11) is 0. The van der Waals surface area contributed by atoms with Crippen molar-refractivity contribution in [2.45, 2.75) is 44.9 Å². The second-order valence-electron chi connectivity index (χ2n) is 4.07. The zero-order valence-electron chi connectivity index (χ0n) is 8.84. The molecule has 0 atom stereocenters. The van der Waals surface area contributed by atoms with Crippen LogP contribution in [0.2, 0.25) is 0 Å². The van der Waals surface area contributed by atoms with Crippen LogP contribution in [-0.2, 0) is 12.8 Å². The fourth-order valence-corrected chi connectivity index (χ4v) is 2.02. The number of nitrogens with zero attached hydrogens (tertiary/aromatic N) is 1. The minimum Gasteiger partial charge on any atom is -0.346 e. The Balaban J connectivity index is 2.18. The van der Waals surface area contributed by atoms with Crippen LogP contribution in [0, 0.1) is 0 Å². The van der Waals surface area contributed by atoms with E-state index < -0.39 is 0 Å². The summed E-state index contributed by atoms with van der Waals surface area (Å²) < 4.78 is 0. The van der Waals surface area contributed by atoms with Gasteiger partial charge in [0.15, 0.2) is 0 Å². The number of hydrogen-bond acceptors (Lipinski definition) is 2. The van der Waals surface area contributed by atoms with E-state index in [0.29, 0.717) is 6.54 Å². The van der Waals surface area contributed by atoms with Gasteiger partial charge in [-0.05, 0) is 25.8 Å². The Kier molecular flexibility index (Phi) is 2.87. The average molecular weight is 193 g/mol. The minimum absolute atomic E-state index is 0.681. The summed E-state index contributed by atoms with van der Waals surface area (Å²) >= 11 is 0. The van der Waals surface area contributed by atoms with Gasteiger partial charge in [0.1, 0.15) is 5.82 Å². The molecule has 1 fully saturated rings. The van der Waals surface area contributed by atoms with Gasteiger partial charge in [0, 0.05) is 18.0 Å². The van der Waals surface area contributed by atoms with Crippen LogP contribution < -0.4 is 5.73 Å². The van der Waals surface area contributed by atoms with Gasteiger partial charge in [0.25, 0.3) is 0 Å². The molecule has 3 nitrogen and oxygen atoms in total. The zero-order chi connectivity index (χ0) is 9.97. The molecule has 0 spiro atoms. The summed E-state index contributed by atoms with van der Waals surface area (Å²) in [5, 5.41) is 0. The van der Waals surface area contributed by atoms with Crippen molar-refractivity contribution >= 4 is 0 Å². The first-order valence-electron chi connectivity index (χ1n) is 5.62. The van der Waals surface area contributed by atoms with E-state index in [1.165, 1.54) is 30.7 Å². The van der Waals surface area contributed by atoms with E-state index in [9.17, 15) is 0 Å². The molecule has 0 saturated heterocycles. The number of H-pyrrole nitrogens is 1. The third-order valence-electron chi connectivity index (χ3n) is 3.09. The smallest absolute Gasteiger partial charge is 0.107 e. The molecule has 0 unspecified atom stereocenters. The standard InChI is InChI=1S/C11H19N3/c1-2-9-11(8-4-3-5-8)14-10(13-9)6-7-12/h8H,2-7,12H2,1H3,(H,13,14). The van der Waals surface area contributed by atoms with Crippen LogP contribution >= 0.6 is 0 Å². The van der Waals surface area contributed by atoms with Crippen LogP contribution in [-0.4, -0.2) is 16.5 Å². The predicted molar refractivity (Wildman–Crippen MR) is 57.3 cm³/mol. The van der Waals surface area contributed by atoms with E-state index in [2.05, 4.69) is 16.9 Å². The highest BCUT2D eigenvalue weighted by Crippen LogP contribution is 2.37. The molecule has 1 aliphatic carbocycles. The van der Waals surface area contributed by atoms with Gasteiger partial charge in [-0.15, -0.1) is 0 Å². The van der Waals surface area contributed by atoms with Gasteiger partial charge >= 0.3 is 0 Å². The molecule has 1 saturated carbocycles. The predicted octanol–water partition coefficient (Wildman–Crippen LogP) is 1.74. The molecule has 2 rings (SSSR count). The van der Waals surface area contributed by atoms with E-state index in [0.717, 1.165) is 24.6 Å². The van der Waals surface area contributed by atoms with Crippen LogP contribution in [0.3, 0.4) is 0 Å². The summed E-state index contributed by atoms with van der Waals surface area (Å²) in [5.41, 5.74) is 8.18. The van der Waals surface area contributed by atoms with Gasteiger partial charge in [-0.1, -0.05) is 13.3 Å². The van der Waals surface area contributed by atoms with Crippen molar-refractivity contribution in [1.82, 2.24) is 9.97 Å². The van der Waals surface area contributed by atoms with Crippen molar-refractivity contribution in [3.8, 4) is 0 Å². The Morgan fingerprint density at radius 2 is 2.29 bits per heavy atom. The first-order chi connectivity index (χ1) is 6.85. The molecule has 1 aromatic heterocycles. The Morgan fingerprint density at radius 3 is 2.79 bits per heavy atom. The molecule has 78 valence electrons. The lowest BCUT2D eigenvalue weighted by Gasteiger charge is -2.24. The first kappa shape index (κ1) is 9.71. The van der Waals surface area contributed by atoms with E-state index in [-0.39, 0.29) is 0 Å². The summed E-state index contributed by atoms with van der Waals surface area (Å²) in [4.78, 5) is 8.05. The van der Waals surface area contributed by atoms with Crippen molar-refractivity contribution < 1.29 is 0 Å². The monoisotopic (exact) mass is 193 g/mol. The number of nitrogens with two attached hydrogens (primary N) is 1. The number of rotatable bonds is 4. The van der Waals surface area contributed by atoms with Gasteiger partial charge in [-0.3, -0.25) is 0 Å². The molecule has 3 heteroatoms. The number of aromatic amines is 1. The topological polar surface area (TPSA) is 54.7 Å². The van der Waals surface area contributed by atoms with Gasteiger partial charge in [-0.2, -0.15) is 0 Å². The molecule has 0 aromatic carbocycles. The lowest BCUT2D eigenvalue weighted by atomic mass is 9.82. The maximum atomic E-state index is 5.52. The Bertz CT molecular complexity index is 299. The van der Waals surface area contributed by atoms with Gasteiger partial charge in [-0.25, -0.2) is 4.98 Å². The largest absolute Gasteiger partial charge is 0.346 e. The highest BCUT2D eigenvalue weighted by Gasteiger charge is 2.24. The highest BCUT2D eigenvalue weighted by atomic mass is 14.9. The van der Waals surface area contributed by atoms with Crippen LogP contribution in [0.5, 0.6) is 0 Å². The second-order valence-corrected chi connectivity index (χ2v) is 4.07. The molecule has 0 amide bonds. The third-order valence-corrected chi connectivity index (χ3v) is 3.09. The maximum Gasteiger partial charge on any atom is 0.107 e. The van der Waals surface area contributed by atoms with Crippen molar-refractivity contribution in [3.63, 3.8) is 0 Å². The Labute approximate surface area is 85.1 Å². The molecule has 0 radical (unpaired) electrons. The molecule has 0 aliphatic heterocycles. The van der Waals surface area contributed by atoms with Gasteiger partial charge < -0.3 is 10.7 Å². The van der Waals surface area contributed by atoms with Crippen molar-refractivity contribution in [2.24, 2.45) is 5.73 Å². The second kappa shape index (κ2) is 4.13. The molecule has 0 bridgehead atoms. The molecule has 1 aromatic rings. The van der Waals surface area contributed by atoms with Crippen LogP contribution in [0.25, 0.3) is 0 Å². The van der Waals surface area contributed by atoms with Crippen LogP contribution in [0.1, 0.15) is 49.3 Å². The fourth-order valence-electron chi connectivity index (χ4n) is 2.02. The number of aryl methyl sites for hydroxylation is 1. The SMILES string of the molecule is CCc1[nH]c(CCN)nc1C1CCC1. The van der Waals surface area contributed by atoms with Crippen molar-refractivity contribution in [1.29, 1.82) is 0 Å². The third kappa shape index (κ3) is 1.69. The summed E-state index contributed by atoms with van der Waals surface area (Å²) in [5.74, 6) is 1.80. The minimum atomic E-state index is 0.681. The maximum absolute atomic E-state index is 5.52. The van der Waals surface area contributed by atoms with Gasteiger partial charge in [0.2, 0.25) is 0 Å². The molecular weight excluding hydrogens is 174 g/mol. The molecule has 1 aliphatic rings. The highest BCUT2D eigenvalue weighted by molar-refractivity contribution is 5.21. The molecule has 14 heavy (non-hydrogen) atoms. The number of nitrogens with one attached hydrogen (secondary N) is 1. The normalized spacial score (nSPS) is 17.0. The summed E-state index contributed by atoms with van der Waals surface area (Å²) in [6.45, 7) is 2.86. The molecule has 3 N–H and O–H groups in total. The molecular formula is C11H19N3. The van der Waals surface area contributed by atoms with E-state index >= 15 is 0 Å². The summed E-state index contributed by atoms with van der Waals surface area (Å²) in [6, 6.07) is 0. The zero-order valence-corrected chi connectivity index (χ0v) is 8.84. The average Bonchev–Trinajstić information content (AvgIpc) is 2.46. The van der Waals surface area contributed by atoms with Crippen molar-refractivity contribution in [2.75, 3.05) is 6.54 Å². The quantitative estimate of drug-likeness (QED) is 0.765. The molecule has 1 heterocycles. The first-order valence-corrected chi connectivity index (χ1v) is 5.62. The van der Waals surface area contributed by atoms with Crippen molar-refractivity contribution in [3.05, 3.63) is 17.2 Å². The number of hydrogen-bond donors (Lipinski definition) is 2. The number of imidazole rings is 1. The van der Waals surface area contributed by atoms with Gasteiger partial charge in [0.05, 0.1) is 5.69 Å². The fraction of sp³-hybridized carbons (Fsp3) is 0.727. The lowest BCUT2D eigenvalue weighted by Crippen LogP contribution is -2.11. The van der Waals surface area contributed by atoms with Crippen LogP contribution in [0.15, 0.2) is 0 Å².